The van der Waals surface area contributed by atoms with Crippen molar-refractivity contribution in [3.05, 3.63) is 71.7 Å². The lowest BCUT2D eigenvalue weighted by molar-refractivity contribution is 0.398. The molecule has 0 radical (unpaired) electrons. The SMILES string of the molecule is COc1ncnc(C)c1-c1ncc2cnn(Cc3ccc(-n4nc(C)cc4C)cc3)c2n1. The van der Waals surface area contributed by atoms with E-state index in [1.807, 2.05) is 23.2 Å². The molecule has 4 aromatic heterocycles. The molecule has 0 atom stereocenters. The average molecular weight is 426 g/mol. The summed E-state index contributed by atoms with van der Waals surface area (Å²) in [6.45, 7) is 6.51. The Kier molecular flexibility index (Phi) is 4.85. The van der Waals surface area contributed by atoms with Gasteiger partial charge in [0, 0.05) is 11.9 Å². The van der Waals surface area contributed by atoms with Crippen molar-refractivity contribution in [1.29, 1.82) is 0 Å². The van der Waals surface area contributed by atoms with Crippen LogP contribution >= 0.6 is 0 Å². The molecule has 0 fully saturated rings. The molecular formula is C23H22N8O. The molecule has 0 spiro atoms. The maximum absolute atomic E-state index is 5.40. The minimum atomic E-state index is 0.447. The number of hydrogen-bond acceptors (Lipinski definition) is 7. The second kappa shape index (κ2) is 7.84. The molecule has 1 aromatic carbocycles. The summed E-state index contributed by atoms with van der Waals surface area (Å²) in [5.41, 5.74) is 6.41. The van der Waals surface area contributed by atoms with Crippen molar-refractivity contribution in [3.63, 3.8) is 0 Å². The number of rotatable bonds is 5. The largest absolute Gasteiger partial charge is 0.480 e. The number of ether oxygens (including phenoxy) is 1. The molecule has 0 bridgehead atoms. The van der Waals surface area contributed by atoms with Crippen LogP contribution in [0.3, 0.4) is 0 Å². The predicted octanol–water partition coefficient (Wildman–Crippen LogP) is 3.45. The van der Waals surface area contributed by atoms with E-state index in [1.165, 1.54) is 6.33 Å². The predicted molar refractivity (Wildman–Crippen MR) is 120 cm³/mol. The van der Waals surface area contributed by atoms with Crippen LogP contribution in [0.2, 0.25) is 0 Å². The molecule has 5 aromatic rings. The number of nitrogens with zero attached hydrogens (tertiary/aromatic N) is 8. The molecule has 0 saturated carbocycles. The summed E-state index contributed by atoms with van der Waals surface area (Å²) in [4.78, 5) is 17.7. The van der Waals surface area contributed by atoms with Crippen molar-refractivity contribution in [3.8, 4) is 23.0 Å². The van der Waals surface area contributed by atoms with Gasteiger partial charge in [-0.2, -0.15) is 10.2 Å². The first-order valence-electron chi connectivity index (χ1n) is 10.2. The van der Waals surface area contributed by atoms with Gasteiger partial charge in [-0.25, -0.2) is 29.3 Å². The van der Waals surface area contributed by atoms with Gasteiger partial charge in [0.05, 0.1) is 42.3 Å². The van der Waals surface area contributed by atoms with Crippen molar-refractivity contribution in [2.24, 2.45) is 0 Å². The maximum atomic E-state index is 5.40. The Labute approximate surface area is 184 Å². The van der Waals surface area contributed by atoms with Crippen LogP contribution < -0.4 is 4.74 Å². The smallest absolute Gasteiger partial charge is 0.227 e. The number of aryl methyl sites for hydroxylation is 3. The Hall–Kier alpha value is -4.14. The number of methoxy groups -OCH3 is 1. The van der Waals surface area contributed by atoms with Gasteiger partial charge in [-0.05, 0) is 44.5 Å². The van der Waals surface area contributed by atoms with E-state index in [1.54, 1.807) is 19.5 Å². The first-order valence-corrected chi connectivity index (χ1v) is 10.2. The van der Waals surface area contributed by atoms with Gasteiger partial charge in [-0.3, -0.25) is 0 Å². The van der Waals surface area contributed by atoms with Crippen LogP contribution in [0.1, 0.15) is 22.6 Å². The van der Waals surface area contributed by atoms with Gasteiger partial charge in [0.2, 0.25) is 5.88 Å². The highest BCUT2D eigenvalue weighted by Crippen LogP contribution is 2.28. The molecule has 9 nitrogen and oxygen atoms in total. The minimum absolute atomic E-state index is 0.447. The summed E-state index contributed by atoms with van der Waals surface area (Å²) in [5.74, 6) is 0.955. The van der Waals surface area contributed by atoms with Gasteiger partial charge in [0.1, 0.15) is 11.9 Å². The highest BCUT2D eigenvalue weighted by Gasteiger charge is 2.16. The Morgan fingerprint density at radius 2 is 1.78 bits per heavy atom. The topological polar surface area (TPSA) is 96.4 Å². The first kappa shape index (κ1) is 19.8. The van der Waals surface area contributed by atoms with Crippen molar-refractivity contribution in [2.45, 2.75) is 27.3 Å². The van der Waals surface area contributed by atoms with Crippen LogP contribution in [0.4, 0.5) is 0 Å². The number of aromatic nitrogens is 8. The highest BCUT2D eigenvalue weighted by molar-refractivity contribution is 5.77. The van der Waals surface area contributed by atoms with Crippen LogP contribution in [0.5, 0.6) is 5.88 Å². The molecule has 0 unspecified atom stereocenters. The molecule has 0 amide bonds. The van der Waals surface area contributed by atoms with E-state index in [2.05, 4.69) is 62.4 Å². The van der Waals surface area contributed by atoms with Crippen LogP contribution in [0, 0.1) is 20.8 Å². The highest BCUT2D eigenvalue weighted by atomic mass is 16.5. The third-order valence-corrected chi connectivity index (χ3v) is 5.32. The Bertz CT molecular complexity index is 1420. The molecule has 9 heteroatoms. The monoisotopic (exact) mass is 426 g/mol. The van der Waals surface area contributed by atoms with Crippen molar-refractivity contribution in [1.82, 2.24) is 39.5 Å². The fraction of sp³-hybridized carbons (Fsp3) is 0.217. The molecule has 5 rings (SSSR count). The lowest BCUT2D eigenvalue weighted by Gasteiger charge is -2.09. The quantitative estimate of drug-likeness (QED) is 0.425. The third kappa shape index (κ3) is 3.47. The lowest BCUT2D eigenvalue weighted by atomic mass is 10.2. The lowest BCUT2D eigenvalue weighted by Crippen LogP contribution is -2.05. The fourth-order valence-electron chi connectivity index (χ4n) is 3.77. The van der Waals surface area contributed by atoms with Crippen molar-refractivity contribution < 1.29 is 4.74 Å². The summed E-state index contributed by atoms with van der Waals surface area (Å²) >= 11 is 0. The average Bonchev–Trinajstić information content (AvgIpc) is 3.35. The Morgan fingerprint density at radius 3 is 2.50 bits per heavy atom. The van der Waals surface area contributed by atoms with Crippen LogP contribution in [-0.4, -0.2) is 46.6 Å². The number of fused-ring (bicyclic) bond motifs is 1. The standard InChI is InChI=1S/C23H22N8O/c1-14-9-15(2)31(29-14)19-7-5-17(6-8-19)12-30-22-18(11-27-30)10-24-21(28-22)20-16(3)25-13-26-23(20)32-4/h5-11,13H,12H2,1-4H3. The van der Waals surface area contributed by atoms with Crippen molar-refractivity contribution in [2.75, 3.05) is 7.11 Å². The van der Waals surface area contributed by atoms with Crippen LogP contribution in [0.25, 0.3) is 28.1 Å². The molecule has 0 aliphatic rings. The van der Waals surface area contributed by atoms with Gasteiger partial charge < -0.3 is 4.74 Å². The summed E-state index contributed by atoms with van der Waals surface area (Å²) in [5, 5.41) is 9.93. The van der Waals surface area contributed by atoms with Gasteiger partial charge in [0.15, 0.2) is 11.5 Å². The van der Waals surface area contributed by atoms with E-state index < -0.39 is 0 Å². The van der Waals surface area contributed by atoms with E-state index in [0.717, 1.165) is 39.4 Å². The summed E-state index contributed by atoms with van der Waals surface area (Å²) in [6.07, 6.45) is 5.00. The van der Waals surface area contributed by atoms with E-state index in [9.17, 15) is 0 Å². The molecule has 0 N–H and O–H groups in total. The van der Waals surface area contributed by atoms with E-state index in [-0.39, 0.29) is 0 Å². The fourth-order valence-corrected chi connectivity index (χ4v) is 3.77. The molecule has 32 heavy (non-hydrogen) atoms. The Balaban J connectivity index is 1.48. The molecule has 160 valence electrons. The zero-order valence-electron chi connectivity index (χ0n) is 18.3. The Morgan fingerprint density at radius 1 is 0.969 bits per heavy atom. The van der Waals surface area contributed by atoms with Gasteiger partial charge in [0.25, 0.3) is 0 Å². The van der Waals surface area contributed by atoms with E-state index in [0.29, 0.717) is 23.8 Å². The molecule has 0 aliphatic heterocycles. The van der Waals surface area contributed by atoms with E-state index >= 15 is 0 Å². The zero-order chi connectivity index (χ0) is 22.2. The molecule has 0 aliphatic carbocycles. The van der Waals surface area contributed by atoms with Gasteiger partial charge in [-0.15, -0.1) is 0 Å². The van der Waals surface area contributed by atoms with Gasteiger partial charge >= 0.3 is 0 Å². The summed E-state index contributed by atoms with van der Waals surface area (Å²) in [7, 11) is 1.57. The zero-order valence-corrected chi connectivity index (χ0v) is 18.3. The summed E-state index contributed by atoms with van der Waals surface area (Å²) in [6, 6.07) is 10.4. The van der Waals surface area contributed by atoms with Gasteiger partial charge in [-0.1, -0.05) is 12.1 Å². The second-order valence-electron chi connectivity index (χ2n) is 7.62. The normalized spacial score (nSPS) is 11.2. The first-order chi connectivity index (χ1) is 15.5. The molecule has 0 saturated heterocycles. The van der Waals surface area contributed by atoms with Crippen molar-refractivity contribution >= 4 is 11.0 Å². The molecular weight excluding hydrogens is 404 g/mol. The second-order valence-corrected chi connectivity index (χ2v) is 7.62. The number of hydrogen-bond donors (Lipinski definition) is 0. The molecule has 4 heterocycles. The summed E-state index contributed by atoms with van der Waals surface area (Å²) < 4.78 is 9.21. The van der Waals surface area contributed by atoms with E-state index in [4.69, 9.17) is 9.72 Å². The van der Waals surface area contributed by atoms with Crippen LogP contribution in [0.15, 0.2) is 49.1 Å². The minimum Gasteiger partial charge on any atom is -0.480 e. The third-order valence-electron chi connectivity index (χ3n) is 5.32. The number of benzene rings is 1. The maximum Gasteiger partial charge on any atom is 0.227 e. The van der Waals surface area contributed by atoms with Crippen LogP contribution in [-0.2, 0) is 6.54 Å².